The lowest BCUT2D eigenvalue weighted by atomic mass is 9.97. The van der Waals surface area contributed by atoms with Gasteiger partial charge in [-0.3, -0.25) is 9.69 Å². The van der Waals surface area contributed by atoms with E-state index in [0.717, 1.165) is 60.9 Å². The maximum Gasteiger partial charge on any atom is 0.223 e. The average molecular weight is 441 g/mol. The second-order valence-electron chi connectivity index (χ2n) is 8.51. The molecule has 1 N–H and O–H groups in total. The normalized spacial score (nSPS) is 19.3. The van der Waals surface area contributed by atoms with Gasteiger partial charge in [0.25, 0.3) is 0 Å². The highest BCUT2D eigenvalue weighted by Crippen LogP contribution is 2.39. The molecule has 1 saturated heterocycles. The predicted molar refractivity (Wildman–Crippen MR) is 124 cm³/mol. The highest BCUT2D eigenvalue weighted by Gasteiger charge is 2.31. The number of anilines is 2. The van der Waals surface area contributed by atoms with Crippen LogP contribution < -0.4 is 9.80 Å². The Hall–Kier alpha value is -2.57. The zero-order chi connectivity index (χ0) is 21.5. The number of amides is 1. The first-order valence-corrected chi connectivity index (χ1v) is 11.2. The summed E-state index contributed by atoms with van der Waals surface area (Å²) in [6.45, 7) is 7.07. The fraction of sp³-hybridized carbons (Fsp3) is 0.375. The van der Waals surface area contributed by atoms with Crippen molar-refractivity contribution < 1.29 is 9.18 Å². The van der Waals surface area contributed by atoms with Gasteiger partial charge >= 0.3 is 0 Å². The molecule has 0 radical (unpaired) electrons. The van der Waals surface area contributed by atoms with Crippen LogP contribution in [-0.4, -0.2) is 55.1 Å². The molecule has 2 aliphatic rings. The van der Waals surface area contributed by atoms with Crippen LogP contribution in [0.5, 0.6) is 0 Å². The topological polar surface area (TPSA) is 42.6 Å². The van der Waals surface area contributed by atoms with E-state index in [4.69, 9.17) is 11.6 Å². The summed E-state index contributed by atoms with van der Waals surface area (Å²) >= 11 is 6.11. The summed E-state index contributed by atoms with van der Waals surface area (Å²) in [5, 5.41) is 1.94. The van der Waals surface area contributed by atoms with Gasteiger partial charge in [0.05, 0.1) is 5.69 Å². The lowest BCUT2D eigenvalue weighted by Gasteiger charge is -2.36. The molecule has 1 amide bonds. The number of benzene rings is 2. The molecule has 1 fully saturated rings. The van der Waals surface area contributed by atoms with Crippen molar-refractivity contribution in [3.05, 3.63) is 59.0 Å². The molecule has 0 aliphatic carbocycles. The molecule has 1 aromatic heterocycles. The van der Waals surface area contributed by atoms with Gasteiger partial charge in [-0.1, -0.05) is 11.6 Å². The van der Waals surface area contributed by atoms with E-state index in [9.17, 15) is 9.18 Å². The number of carbonyl (C=O) groups excluding carboxylic acids is 1. The van der Waals surface area contributed by atoms with Crippen LogP contribution in [0.3, 0.4) is 0 Å². The lowest BCUT2D eigenvalue weighted by Crippen LogP contribution is -2.46. The van der Waals surface area contributed by atoms with Crippen molar-refractivity contribution in [1.29, 1.82) is 0 Å². The number of piperazine rings is 1. The molecule has 31 heavy (non-hydrogen) atoms. The molecule has 5 nitrogen and oxygen atoms in total. The van der Waals surface area contributed by atoms with Gasteiger partial charge in [0.1, 0.15) is 5.82 Å². The Morgan fingerprint density at radius 2 is 1.94 bits per heavy atom. The number of hydrogen-bond donors (Lipinski definition) is 1. The molecular weight excluding hydrogens is 415 g/mol. The summed E-state index contributed by atoms with van der Waals surface area (Å²) in [5.74, 6) is -0.0298. The summed E-state index contributed by atoms with van der Waals surface area (Å²) in [6, 6.07) is 10.7. The smallest absolute Gasteiger partial charge is 0.223 e. The number of rotatable bonds is 4. The van der Waals surface area contributed by atoms with Crippen LogP contribution in [-0.2, 0) is 4.79 Å². The number of nitrogens with one attached hydrogen (secondary N) is 1. The van der Waals surface area contributed by atoms with Crippen molar-refractivity contribution in [3.63, 3.8) is 0 Å². The molecule has 2 aromatic carbocycles. The second kappa shape index (κ2) is 8.17. The van der Waals surface area contributed by atoms with Crippen LogP contribution in [0.2, 0.25) is 5.02 Å². The molecule has 7 heteroatoms. The Labute approximate surface area is 186 Å². The molecular formula is C24H26ClFN4O. The highest BCUT2D eigenvalue weighted by atomic mass is 35.5. The maximum atomic E-state index is 13.8. The van der Waals surface area contributed by atoms with Crippen molar-refractivity contribution in [2.24, 2.45) is 0 Å². The molecule has 1 atom stereocenters. The fourth-order valence-electron chi connectivity index (χ4n) is 4.96. The predicted octanol–water partition coefficient (Wildman–Crippen LogP) is 4.62. The van der Waals surface area contributed by atoms with E-state index < -0.39 is 0 Å². The van der Waals surface area contributed by atoms with Crippen LogP contribution in [0.15, 0.2) is 42.6 Å². The molecule has 162 valence electrons. The molecule has 0 saturated carbocycles. The molecule has 2 aliphatic heterocycles. The monoisotopic (exact) mass is 440 g/mol. The zero-order valence-electron chi connectivity index (χ0n) is 17.6. The van der Waals surface area contributed by atoms with Gasteiger partial charge in [0.2, 0.25) is 5.91 Å². The van der Waals surface area contributed by atoms with Gasteiger partial charge in [0.15, 0.2) is 0 Å². The first kappa shape index (κ1) is 20.3. The average Bonchev–Trinajstić information content (AvgIpc) is 3.33. The molecule has 0 spiro atoms. The van der Waals surface area contributed by atoms with Crippen molar-refractivity contribution in [2.45, 2.75) is 19.3 Å². The first-order valence-electron chi connectivity index (χ1n) is 10.8. The van der Waals surface area contributed by atoms with Gasteiger partial charge in [-0.15, -0.1) is 0 Å². The van der Waals surface area contributed by atoms with Gasteiger partial charge in [-0.2, -0.15) is 0 Å². The Morgan fingerprint density at radius 3 is 2.71 bits per heavy atom. The number of halogens is 2. The molecule has 0 bridgehead atoms. The SMILES string of the molecule is CC(=O)N1CC(CCN2CCN(c3c[nH]c4cc(Cl)ccc34)CC2)c2cc(F)ccc21. The number of aromatic amines is 1. The lowest BCUT2D eigenvalue weighted by molar-refractivity contribution is -0.116. The maximum absolute atomic E-state index is 13.8. The first-order chi connectivity index (χ1) is 15.0. The van der Waals surface area contributed by atoms with E-state index in [2.05, 4.69) is 27.0 Å². The number of nitrogens with zero attached hydrogens (tertiary/aromatic N) is 3. The van der Waals surface area contributed by atoms with Gasteiger partial charge in [-0.25, -0.2) is 4.39 Å². The third kappa shape index (κ3) is 3.90. The number of carbonyl (C=O) groups is 1. The van der Waals surface area contributed by atoms with E-state index in [0.29, 0.717) is 6.54 Å². The van der Waals surface area contributed by atoms with E-state index in [1.54, 1.807) is 24.0 Å². The summed E-state index contributed by atoms with van der Waals surface area (Å²) < 4.78 is 13.8. The Morgan fingerprint density at radius 1 is 1.13 bits per heavy atom. The second-order valence-corrected chi connectivity index (χ2v) is 8.95. The van der Waals surface area contributed by atoms with Crippen molar-refractivity contribution in [2.75, 3.05) is 49.1 Å². The summed E-state index contributed by atoms with van der Waals surface area (Å²) in [6.07, 6.45) is 2.99. The summed E-state index contributed by atoms with van der Waals surface area (Å²) in [4.78, 5) is 22.0. The summed E-state index contributed by atoms with van der Waals surface area (Å²) in [7, 11) is 0. The fourth-order valence-corrected chi connectivity index (χ4v) is 5.13. The number of H-pyrrole nitrogens is 1. The van der Waals surface area contributed by atoms with Crippen molar-refractivity contribution >= 4 is 39.8 Å². The number of aromatic nitrogens is 1. The van der Waals surface area contributed by atoms with E-state index in [-0.39, 0.29) is 17.6 Å². The minimum Gasteiger partial charge on any atom is -0.367 e. The Bertz CT molecular complexity index is 1120. The number of fused-ring (bicyclic) bond motifs is 2. The zero-order valence-corrected chi connectivity index (χ0v) is 18.3. The van der Waals surface area contributed by atoms with E-state index in [1.165, 1.54) is 17.1 Å². The van der Waals surface area contributed by atoms with Gasteiger partial charge < -0.3 is 14.8 Å². The highest BCUT2D eigenvalue weighted by molar-refractivity contribution is 6.31. The minimum absolute atomic E-state index is 0.0176. The van der Waals surface area contributed by atoms with Gasteiger partial charge in [0, 0.05) is 73.4 Å². The minimum atomic E-state index is -0.234. The molecule has 1 unspecified atom stereocenters. The Balaban J connectivity index is 1.21. The third-order valence-electron chi connectivity index (χ3n) is 6.63. The quantitative estimate of drug-likeness (QED) is 0.643. The van der Waals surface area contributed by atoms with Gasteiger partial charge in [-0.05, 0) is 54.9 Å². The van der Waals surface area contributed by atoms with Crippen LogP contribution in [0.1, 0.15) is 24.8 Å². The van der Waals surface area contributed by atoms with Crippen LogP contribution in [0.4, 0.5) is 15.8 Å². The van der Waals surface area contributed by atoms with E-state index >= 15 is 0 Å². The molecule has 5 rings (SSSR count). The molecule has 3 aromatic rings. The standard InChI is InChI=1S/C24H26ClFN4O/c1-16(31)30-15-17(21-13-19(26)3-5-23(21)30)6-7-28-8-10-29(11-9-28)24-14-27-22-12-18(25)2-4-20(22)24/h2-5,12-14,17,27H,6-11,15H2,1H3. The van der Waals surface area contributed by atoms with Crippen LogP contribution >= 0.6 is 11.6 Å². The van der Waals surface area contributed by atoms with Crippen molar-refractivity contribution in [1.82, 2.24) is 9.88 Å². The van der Waals surface area contributed by atoms with Crippen LogP contribution in [0, 0.1) is 5.82 Å². The van der Waals surface area contributed by atoms with E-state index in [1.807, 2.05) is 12.1 Å². The van der Waals surface area contributed by atoms with Crippen molar-refractivity contribution in [3.8, 4) is 0 Å². The van der Waals surface area contributed by atoms with Crippen LogP contribution in [0.25, 0.3) is 10.9 Å². The summed E-state index contributed by atoms with van der Waals surface area (Å²) in [5.41, 5.74) is 4.12. The largest absolute Gasteiger partial charge is 0.367 e. The third-order valence-corrected chi connectivity index (χ3v) is 6.87. The number of hydrogen-bond acceptors (Lipinski definition) is 3. The molecule has 3 heterocycles. The Kier molecular flexibility index (Phi) is 5.36.